The maximum absolute atomic E-state index is 12.0. The number of carbonyl (C=O) groups excluding carboxylic acids is 2. The SMILES string of the molecule is Cc1ccc2nc(NC(=O)COC(=O)COc3ccc(C)c(C)c3)sc2c1. The second-order valence-corrected chi connectivity index (χ2v) is 7.26. The number of aryl methyl sites for hydroxylation is 3. The Balaban J connectivity index is 1.46. The molecule has 1 amide bonds. The number of amides is 1. The molecule has 6 nitrogen and oxygen atoms in total. The number of ether oxygens (including phenoxy) is 2. The van der Waals surface area contributed by atoms with E-state index in [0.717, 1.165) is 26.9 Å². The Bertz CT molecular complexity index is 997. The largest absolute Gasteiger partial charge is 0.482 e. The molecule has 1 heterocycles. The number of fused-ring (bicyclic) bond motifs is 1. The number of hydrogen-bond donors (Lipinski definition) is 1. The number of hydrogen-bond acceptors (Lipinski definition) is 6. The number of carbonyl (C=O) groups is 2. The van der Waals surface area contributed by atoms with Gasteiger partial charge in [-0.15, -0.1) is 0 Å². The van der Waals surface area contributed by atoms with Crippen molar-refractivity contribution in [3.8, 4) is 5.75 Å². The van der Waals surface area contributed by atoms with E-state index in [1.54, 1.807) is 6.07 Å². The van der Waals surface area contributed by atoms with Gasteiger partial charge in [0, 0.05) is 0 Å². The van der Waals surface area contributed by atoms with Crippen LogP contribution in [0.3, 0.4) is 0 Å². The highest BCUT2D eigenvalue weighted by molar-refractivity contribution is 7.22. The van der Waals surface area contributed by atoms with Crippen LogP contribution in [0, 0.1) is 20.8 Å². The Morgan fingerprint density at radius 3 is 2.63 bits per heavy atom. The molecule has 1 aromatic heterocycles. The molecule has 0 aliphatic rings. The first-order chi connectivity index (χ1) is 12.9. The highest BCUT2D eigenvalue weighted by atomic mass is 32.1. The summed E-state index contributed by atoms with van der Waals surface area (Å²) in [6.45, 7) is 5.32. The second-order valence-electron chi connectivity index (χ2n) is 6.23. The number of esters is 1. The predicted molar refractivity (Wildman–Crippen MR) is 105 cm³/mol. The molecule has 0 saturated heterocycles. The smallest absolute Gasteiger partial charge is 0.344 e. The van der Waals surface area contributed by atoms with Crippen LogP contribution in [-0.2, 0) is 14.3 Å². The van der Waals surface area contributed by atoms with E-state index in [1.165, 1.54) is 11.3 Å². The standard InChI is InChI=1S/C20H20N2O4S/c1-12-4-7-16-17(8-12)27-20(21-16)22-18(23)10-26-19(24)11-25-15-6-5-13(2)14(3)9-15/h4-9H,10-11H2,1-3H3,(H,21,22,23). The number of benzene rings is 2. The van der Waals surface area contributed by atoms with Crippen molar-refractivity contribution in [1.29, 1.82) is 0 Å². The molecule has 0 saturated carbocycles. The van der Waals surface area contributed by atoms with E-state index >= 15 is 0 Å². The summed E-state index contributed by atoms with van der Waals surface area (Å²) in [5, 5.41) is 3.12. The Morgan fingerprint density at radius 1 is 1.04 bits per heavy atom. The molecule has 0 bridgehead atoms. The van der Waals surface area contributed by atoms with Crippen molar-refractivity contribution in [3.05, 3.63) is 53.1 Å². The average Bonchev–Trinajstić information content (AvgIpc) is 3.02. The molecule has 0 atom stereocenters. The predicted octanol–water partition coefficient (Wildman–Crippen LogP) is 3.78. The zero-order valence-corrected chi connectivity index (χ0v) is 16.2. The fourth-order valence-electron chi connectivity index (χ4n) is 2.37. The van der Waals surface area contributed by atoms with Gasteiger partial charge in [0.05, 0.1) is 10.2 Å². The molecular weight excluding hydrogens is 364 g/mol. The molecular formula is C20H20N2O4S. The normalized spacial score (nSPS) is 10.6. The van der Waals surface area contributed by atoms with Crippen molar-refractivity contribution in [2.45, 2.75) is 20.8 Å². The van der Waals surface area contributed by atoms with Crippen LogP contribution in [0.4, 0.5) is 5.13 Å². The topological polar surface area (TPSA) is 77.5 Å². The monoisotopic (exact) mass is 384 g/mol. The Kier molecular flexibility index (Phi) is 5.71. The number of nitrogens with zero attached hydrogens (tertiary/aromatic N) is 1. The molecule has 0 radical (unpaired) electrons. The lowest BCUT2D eigenvalue weighted by molar-refractivity contribution is -0.149. The van der Waals surface area contributed by atoms with Crippen molar-refractivity contribution in [2.24, 2.45) is 0 Å². The van der Waals surface area contributed by atoms with Crippen LogP contribution in [0.25, 0.3) is 10.2 Å². The van der Waals surface area contributed by atoms with E-state index in [-0.39, 0.29) is 13.2 Å². The van der Waals surface area contributed by atoms with Crippen LogP contribution in [0.2, 0.25) is 0 Å². The highest BCUT2D eigenvalue weighted by Gasteiger charge is 2.11. The van der Waals surface area contributed by atoms with Gasteiger partial charge in [-0.2, -0.15) is 0 Å². The first-order valence-corrected chi connectivity index (χ1v) is 9.25. The quantitative estimate of drug-likeness (QED) is 0.655. The van der Waals surface area contributed by atoms with Gasteiger partial charge in [0.15, 0.2) is 18.3 Å². The maximum Gasteiger partial charge on any atom is 0.344 e. The van der Waals surface area contributed by atoms with Crippen molar-refractivity contribution in [2.75, 3.05) is 18.5 Å². The van der Waals surface area contributed by atoms with Gasteiger partial charge in [0.1, 0.15) is 5.75 Å². The number of aromatic nitrogens is 1. The molecule has 2 aromatic carbocycles. The third-order valence-corrected chi connectivity index (χ3v) is 4.92. The lowest BCUT2D eigenvalue weighted by Gasteiger charge is -2.08. The lowest BCUT2D eigenvalue weighted by atomic mass is 10.1. The van der Waals surface area contributed by atoms with Crippen LogP contribution >= 0.6 is 11.3 Å². The van der Waals surface area contributed by atoms with Gasteiger partial charge >= 0.3 is 5.97 Å². The lowest BCUT2D eigenvalue weighted by Crippen LogP contribution is -2.23. The Hall–Kier alpha value is -2.93. The van der Waals surface area contributed by atoms with Gasteiger partial charge in [-0.3, -0.25) is 10.1 Å². The number of thiazole rings is 1. The van der Waals surface area contributed by atoms with Crippen LogP contribution in [0.15, 0.2) is 36.4 Å². The molecule has 140 valence electrons. The van der Waals surface area contributed by atoms with Gasteiger partial charge in [-0.05, 0) is 61.7 Å². The van der Waals surface area contributed by atoms with E-state index in [9.17, 15) is 9.59 Å². The first-order valence-electron chi connectivity index (χ1n) is 8.43. The van der Waals surface area contributed by atoms with Crippen molar-refractivity contribution >= 4 is 38.6 Å². The van der Waals surface area contributed by atoms with E-state index in [4.69, 9.17) is 9.47 Å². The Labute approximate surface area is 161 Å². The number of rotatable bonds is 6. The average molecular weight is 384 g/mol. The van der Waals surface area contributed by atoms with Crippen molar-refractivity contribution in [1.82, 2.24) is 4.98 Å². The summed E-state index contributed by atoms with van der Waals surface area (Å²) in [5.74, 6) is -0.460. The minimum absolute atomic E-state index is 0.254. The third kappa shape index (κ3) is 5.04. The third-order valence-electron chi connectivity index (χ3n) is 3.99. The van der Waals surface area contributed by atoms with Gasteiger partial charge in [0.25, 0.3) is 5.91 Å². The molecule has 1 N–H and O–H groups in total. The van der Waals surface area contributed by atoms with Crippen molar-refractivity contribution in [3.63, 3.8) is 0 Å². The molecule has 7 heteroatoms. The van der Waals surface area contributed by atoms with Crippen molar-refractivity contribution < 1.29 is 19.1 Å². The number of nitrogens with one attached hydrogen (secondary N) is 1. The number of anilines is 1. The van der Waals surface area contributed by atoms with E-state index in [2.05, 4.69) is 10.3 Å². The minimum atomic E-state index is -0.608. The molecule has 0 aliphatic heterocycles. The van der Waals surface area contributed by atoms with E-state index < -0.39 is 11.9 Å². The zero-order valence-electron chi connectivity index (χ0n) is 15.4. The van der Waals surface area contributed by atoms with Crippen LogP contribution in [-0.4, -0.2) is 30.1 Å². The van der Waals surface area contributed by atoms with Crippen LogP contribution in [0.1, 0.15) is 16.7 Å². The minimum Gasteiger partial charge on any atom is -0.482 e. The van der Waals surface area contributed by atoms with Gasteiger partial charge < -0.3 is 9.47 Å². The molecule has 3 aromatic rings. The molecule has 0 aliphatic carbocycles. The molecule has 0 spiro atoms. The molecule has 0 unspecified atom stereocenters. The zero-order chi connectivity index (χ0) is 19.4. The summed E-state index contributed by atoms with van der Waals surface area (Å²) < 4.78 is 11.3. The fraction of sp³-hybridized carbons (Fsp3) is 0.250. The summed E-state index contributed by atoms with van der Waals surface area (Å²) in [7, 11) is 0. The second kappa shape index (κ2) is 8.18. The summed E-state index contributed by atoms with van der Waals surface area (Å²) in [6.07, 6.45) is 0. The summed E-state index contributed by atoms with van der Waals surface area (Å²) in [5.41, 5.74) is 4.17. The van der Waals surface area contributed by atoms with Gasteiger partial charge in [-0.25, -0.2) is 9.78 Å². The van der Waals surface area contributed by atoms with Gasteiger partial charge in [-0.1, -0.05) is 23.5 Å². The Morgan fingerprint density at radius 2 is 1.85 bits per heavy atom. The molecule has 27 heavy (non-hydrogen) atoms. The van der Waals surface area contributed by atoms with Crippen LogP contribution in [0.5, 0.6) is 5.75 Å². The van der Waals surface area contributed by atoms with E-state index in [1.807, 2.05) is 51.1 Å². The highest BCUT2D eigenvalue weighted by Crippen LogP contribution is 2.26. The van der Waals surface area contributed by atoms with Crippen LogP contribution < -0.4 is 10.1 Å². The fourth-order valence-corrected chi connectivity index (χ4v) is 3.35. The molecule has 0 fully saturated rings. The van der Waals surface area contributed by atoms with Gasteiger partial charge in [0.2, 0.25) is 0 Å². The summed E-state index contributed by atoms with van der Waals surface area (Å²) >= 11 is 1.38. The first kappa shape index (κ1) is 18.8. The summed E-state index contributed by atoms with van der Waals surface area (Å²) in [4.78, 5) is 28.1. The summed E-state index contributed by atoms with van der Waals surface area (Å²) in [6, 6.07) is 11.4. The molecule has 3 rings (SSSR count). The maximum atomic E-state index is 12.0. The van der Waals surface area contributed by atoms with E-state index in [0.29, 0.717) is 10.9 Å².